The molecule has 0 spiro atoms. The van der Waals surface area contributed by atoms with Crippen LogP contribution in [0, 0.1) is 6.92 Å². The number of nitrogens with one attached hydrogen (secondary N) is 1. The molecule has 36 heavy (non-hydrogen) atoms. The fourth-order valence-electron chi connectivity index (χ4n) is 4.85. The number of likely N-dealkylation sites (tertiary alicyclic amines) is 1. The Morgan fingerprint density at radius 1 is 1.17 bits per heavy atom. The van der Waals surface area contributed by atoms with E-state index in [-0.39, 0.29) is 17.9 Å². The van der Waals surface area contributed by atoms with Gasteiger partial charge in [0.2, 0.25) is 16.0 Å². The third kappa shape index (κ3) is 7.22. The topological polar surface area (TPSA) is 137 Å². The molecule has 200 valence electrons. The molecule has 1 atom stereocenters. The van der Waals surface area contributed by atoms with Gasteiger partial charge in [0.25, 0.3) is 0 Å². The smallest absolute Gasteiger partial charge is 0.223 e. The van der Waals surface area contributed by atoms with Crippen LogP contribution in [0.4, 0.5) is 5.95 Å². The lowest BCUT2D eigenvalue weighted by Gasteiger charge is -2.31. The average Bonchev–Trinajstić information content (AvgIpc) is 3.43. The van der Waals surface area contributed by atoms with Gasteiger partial charge >= 0.3 is 0 Å². The van der Waals surface area contributed by atoms with E-state index in [1.54, 1.807) is 35.2 Å². The number of rotatable bonds is 10. The van der Waals surface area contributed by atoms with Gasteiger partial charge < -0.3 is 20.4 Å². The highest BCUT2D eigenvalue weighted by Crippen LogP contribution is 2.24. The summed E-state index contributed by atoms with van der Waals surface area (Å²) in [5, 5.41) is 27.4. The Bertz CT molecular complexity index is 1120. The maximum absolute atomic E-state index is 12.8. The second kappa shape index (κ2) is 11.1. The van der Waals surface area contributed by atoms with Crippen LogP contribution in [-0.4, -0.2) is 104 Å². The Hall–Kier alpha value is -2.12. The van der Waals surface area contributed by atoms with Crippen LogP contribution >= 0.6 is 0 Å². The number of nitrogens with zero attached hydrogens (tertiary/aromatic N) is 6. The van der Waals surface area contributed by atoms with E-state index in [0.29, 0.717) is 57.9 Å². The zero-order valence-electron chi connectivity index (χ0n) is 21.5. The van der Waals surface area contributed by atoms with E-state index in [2.05, 4.69) is 20.3 Å². The van der Waals surface area contributed by atoms with Crippen molar-refractivity contribution in [1.29, 1.82) is 0 Å². The van der Waals surface area contributed by atoms with Gasteiger partial charge in [0, 0.05) is 50.2 Å². The maximum atomic E-state index is 12.8. The lowest BCUT2D eigenvalue weighted by atomic mass is 10.1. The third-order valence-electron chi connectivity index (χ3n) is 6.73. The number of aromatic nitrogens is 4. The summed E-state index contributed by atoms with van der Waals surface area (Å²) in [6.45, 7) is 8.95. The van der Waals surface area contributed by atoms with Crippen LogP contribution in [0.5, 0.6) is 0 Å². The first-order chi connectivity index (χ1) is 17.0. The number of sulfonamides is 1. The number of hydrogen-bond donors (Lipinski definition) is 3. The van der Waals surface area contributed by atoms with Crippen molar-refractivity contribution in [3.8, 4) is 11.3 Å². The molecule has 0 saturated carbocycles. The van der Waals surface area contributed by atoms with Gasteiger partial charge in [-0.3, -0.25) is 4.68 Å². The van der Waals surface area contributed by atoms with Gasteiger partial charge in [-0.2, -0.15) is 5.10 Å². The highest BCUT2D eigenvalue weighted by molar-refractivity contribution is 7.89. The summed E-state index contributed by atoms with van der Waals surface area (Å²) in [5.74, 6) is 0.656. The Kier molecular flexibility index (Phi) is 8.30. The monoisotopic (exact) mass is 521 g/mol. The van der Waals surface area contributed by atoms with Crippen molar-refractivity contribution < 1.29 is 18.6 Å². The fourth-order valence-corrected chi connectivity index (χ4v) is 6.37. The minimum Gasteiger partial charge on any atom is -0.392 e. The van der Waals surface area contributed by atoms with E-state index in [0.717, 1.165) is 29.8 Å². The molecule has 3 N–H and O–H groups in total. The molecular weight excluding hydrogens is 482 g/mol. The van der Waals surface area contributed by atoms with E-state index in [9.17, 15) is 18.6 Å². The molecule has 0 aromatic carbocycles. The summed E-state index contributed by atoms with van der Waals surface area (Å²) in [4.78, 5) is 11.3. The maximum Gasteiger partial charge on any atom is 0.223 e. The van der Waals surface area contributed by atoms with Gasteiger partial charge in [-0.1, -0.05) is 0 Å². The summed E-state index contributed by atoms with van der Waals surface area (Å²) in [6.07, 6.45) is 7.83. The highest BCUT2D eigenvalue weighted by Gasteiger charge is 2.29. The molecule has 2 aromatic rings. The van der Waals surface area contributed by atoms with E-state index < -0.39 is 15.6 Å². The van der Waals surface area contributed by atoms with Crippen molar-refractivity contribution in [1.82, 2.24) is 29.0 Å². The number of hydrogen-bond acceptors (Lipinski definition) is 9. The van der Waals surface area contributed by atoms with Crippen LogP contribution in [0.3, 0.4) is 0 Å². The summed E-state index contributed by atoms with van der Waals surface area (Å²) in [6, 6.07) is 0.0935. The second-order valence-corrected chi connectivity index (χ2v) is 12.8. The van der Waals surface area contributed by atoms with Crippen LogP contribution in [-0.2, 0) is 16.6 Å². The molecule has 0 bridgehead atoms. The Labute approximate surface area is 213 Å². The number of piperidine rings is 1. The fraction of sp³-hybridized carbons (Fsp3) is 0.708. The number of aliphatic hydroxyl groups is 2. The largest absolute Gasteiger partial charge is 0.392 e. The Morgan fingerprint density at radius 3 is 2.58 bits per heavy atom. The first kappa shape index (κ1) is 26.9. The standard InChI is InChI=1S/C24H39N7O4S/c1-18-13-25-23(28-22(18)19-14-26-30(15-19)17-24(2,3)33)27-20-5-10-31(11-6-20)36(34,35)12-4-8-29-9-7-21(32)16-29/h13-15,20-21,32-33H,4-12,16-17H2,1-3H3,(H,25,27,28)/t21-/m1/s1. The van der Waals surface area contributed by atoms with Crippen molar-refractivity contribution in [2.45, 2.75) is 70.7 Å². The molecule has 2 saturated heterocycles. The van der Waals surface area contributed by atoms with Crippen molar-refractivity contribution in [2.24, 2.45) is 0 Å². The molecule has 0 aliphatic carbocycles. The summed E-state index contributed by atoms with van der Waals surface area (Å²) in [5.41, 5.74) is 1.69. The number of β-amino-alcohol motifs (C(OH)–C–C–N with tert-alkyl or cyclic N) is 1. The van der Waals surface area contributed by atoms with Crippen LogP contribution in [0.1, 0.15) is 45.1 Å². The zero-order chi connectivity index (χ0) is 25.9. The molecule has 0 unspecified atom stereocenters. The first-order valence-electron chi connectivity index (χ1n) is 12.7. The predicted octanol–water partition coefficient (Wildman–Crippen LogP) is 1.08. The molecule has 4 rings (SSSR count). The zero-order valence-corrected chi connectivity index (χ0v) is 22.3. The highest BCUT2D eigenvalue weighted by atomic mass is 32.2. The Balaban J connectivity index is 1.29. The molecule has 4 heterocycles. The van der Waals surface area contributed by atoms with Crippen LogP contribution < -0.4 is 5.32 Å². The molecule has 2 aliphatic rings. The quantitative estimate of drug-likeness (QED) is 0.419. The molecule has 2 aliphatic heterocycles. The van der Waals surface area contributed by atoms with Crippen LogP contribution in [0.25, 0.3) is 11.3 Å². The number of aryl methyl sites for hydroxylation is 1. The number of aliphatic hydroxyl groups excluding tert-OH is 1. The molecule has 2 aromatic heterocycles. The number of anilines is 1. The summed E-state index contributed by atoms with van der Waals surface area (Å²) in [7, 11) is -3.29. The minimum absolute atomic E-state index is 0.0935. The summed E-state index contributed by atoms with van der Waals surface area (Å²) >= 11 is 0. The van der Waals surface area contributed by atoms with Crippen molar-refractivity contribution in [3.05, 3.63) is 24.2 Å². The van der Waals surface area contributed by atoms with E-state index in [1.165, 1.54) is 0 Å². The van der Waals surface area contributed by atoms with E-state index in [1.807, 2.05) is 13.1 Å². The summed E-state index contributed by atoms with van der Waals surface area (Å²) < 4.78 is 28.9. The molecule has 0 radical (unpaired) electrons. The van der Waals surface area contributed by atoms with E-state index >= 15 is 0 Å². The van der Waals surface area contributed by atoms with Gasteiger partial charge in [-0.25, -0.2) is 22.7 Å². The van der Waals surface area contributed by atoms with Gasteiger partial charge in [-0.05, 0) is 58.6 Å². The van der Waals surface area contributed by atoms with Crippen LogP contribution in [0.15, 0.2) is 18.6 Å². The molecular formula is C24H39N7O4S. The molecule has 2 fully saturated rings. The van der Waals surface area contributed by atoms with Crippen molar-refractivity contribution in [2.75, 3.05) is 43.8 Å². The predicted molar refractivity (Wildman–Crippen MR) is 138 cm³/mol. The first-order valence-corrected chi connectivity index (χ1v) is 14.3. The second-order valence-electron chi connectivity index (χ2n) is 10.7. The SMILES string of the molecule is Cc1cnc(NC2CCN(S(=O)(=O)CCCN3CC[C@@H](O)C3)CC2)nc1-c1cnn(CC(C)(C)O)c1. The van der Waals surface area contributed by atoms with Gasteiger partial charge in [0.05, 0.1) is 35.9 Å². The molecule has 12 heteroatoms. The average molecular weight is 522 g/mol. The van der Waals surface area contributed by atoms with Gasteiger partial charge in [-0.15, -0.1) is 0 Å². The molecule has 11 nitrogen and oxygen atoms in total. The van der Waals surface area contributed by atoms with Gasteiger partial charge in [0.15, 0.2) is 0 Å². The van der Waals surface area contributed by atoms with Crippen LogP contribution in [0.2, 0.25) is 0 Å². The lowest BCUT2D eigenvalue weighted by Crippen LogP contribution is -2.43. The molecule has 0 amide bonds. The lowest BCUT2D eigenvalue weighted by molar-refractivity contribution is 0.0577. The van der Waals surface area contributed by atoms with Crippen molar-refractivity contribution >= 4 is 16.0 Å². The minimum atomic E-state index is -3.29. The van der Waals surface area contributed by atoms with Crippen molar-refractivity contribution in [3.63, 3.8) is 0 Å². The Morgan fingerprint density at radius 2 is 1.92 bits per heavy atom. The third-order valence-corrected chi connectivity index (χ3v) is 8.69. The van der Waals surface area contributed by atoms with E-state index in [4.69, 9.17) is 4.98 Å². The normalized spacial score (nSPS) is 20.8. The van der Waals surface area contributed by atoms with Gasteiger partial charge in [0.1, 0.15) is 0 Å².